The van der Waals surface area contributed by atoms with Crippen molar-refractivity contribution >= 4 is 38.9 Å². The molecule has 0 fully saturated rings. The van der Waals surface area contributed by atoms with Gasteiger partial charge in [0.15, 0.2) is 5.65 Å². The third kappa shape index (κ3) is 8.36. The van der Waals surface area contributed by atoms with Crippen molar-refractivity contribution in [1.82, 2.24) is 19.6 Å². The largest absolute Gasteiger partial charge is 0.747 e. The molecule has 35 heavy (non-hydrogen) atoms. The molecule has 1 atom stereocenters. The molecule has 0 saturated carbocycles. The summed E-state index contributed by atoms with van der Waals surface area (Å²) >= 11 is 5.17. The molecular formula is C26H39N4O3S2-. The van der Waals surface area contributed by atoms with Crippen LogP contribution in [0.4, 0.5) is 0 Å². The molecule has 0 amide bonds. The summed E-state index contributed by atoms with van der Waals surface area (Å²) in [6.45, 7) is 2.25. The molecule has 194 valence electrons. The first-order valence-corrected chi connectivity index (χ1v) is 15.1. The quantitative estimate of drug-likeness (QED) is 0.113. The van der Waals surface area contributed by atoms with E-state index in [-0.39, 0.29) is 17.0 Å². The van der Waals surface area contributed by atoms with E-state index in [2.05, 4.69) is 22.0 Å². The van der Waals surface area contributed by atoms with Gasteiger partial charge in [0.05, 0.1) is 5.52 Å². The maximum Gasteiger partial charge on any atom is 0.214 e. The first-order valence-electron chi connectivity index (χ1n) is 13.2. The number of nitrogens with one attached hydrogen (secondary N) is 1. The van der Waals surface area contributed by atoms with Gasteiger partial charge >= 0.3 is 0 Å². The number of benzene rings is 1. The van der Waals surface area contributed by atoms with Gasteiger partial charge in [-0.2, -0.15) is 4.98 Å². The molecule has 0 aliphatic carbocycles. The Balaban J connectivity index is 1.47. The van der Waals surface area contributed by atoms with E-state index in [1.165, 1.54) is 68.7 Å². The fourth-order valence-electron chi connectivity index (χ4n) is 4.74. The number of hydrogen-bond donors (Lipinski definition) is 1. The molecule has 1 unspecified atom stereocenters. The molecule has 9 heteroatoms. The van der Waals surface area contributed by atoms with Crippen LogP contribution in [0.2, 0.25) is 0 Å². The molecule has 2 heterocycles. The highest BCUT2D eigenvalue weighted by Gasteiger charge is 2.25. The minimum atomic E-state index is -4.60. The number of para-hydroxylation sites is 1. The van der Waals surface area contributed by atoms with Crippen molar-refractivity contribution in [3.05, 3.63) is 34.9 Å². The number of aromatic nitrogens is 4. The van der Waals surface area contributed by atoms with Gasteiger partial charge in [-0.3, -0.25) is 5.10 Å². The Morgan fingerprint density at radius 1 is 0.886 bits per heavy atom. The fourth-order valence-corrected chi connectivity index (χ4v) is 5.79. The van der Waals surface area contributed by atoms with E-state index in [1.807, 2.05) is 18.2 Å². The van der Waals surface area contributed by atoms with Crippen LogP contribution < -0.4 is 0 Å². The number of H-pyrrole nitrogens is 1. The molecular weight excluding hydrogens is 480 g/mol. The van der Waals surface area contributed by atoms with E-state index >= 15 is 0 Å². The number of rotatable bonds is 17. The summed E-state index contributed by atoms with van der Waals surface area (Å²) in [5, 5.41) is 2.39. The minimum Gasteiger partial charge on any atom is -0.747 e. The third-order valence-electron chi connectivity index (χ3n) is 6.69. The maximum absolute atomic E-state index is 12.2. The number of fused-ring (bicyclic) bond motifs is 3. The van der Waals surface area contributed by atoms with Gasteiger partial charge in [0.25, 0.3) is 0 Å². The Labute approximate surface area is 214 Å². The van der Waals surface area contributed by atoms with Crippen molar-refractivity contribution in [1.29, 1.82) is 0 Å². The van der Waals surface area contributed by atoms with Gasteiger partial charge in [-0.25, -0.2) is 17.9 Å². The first-order chi connectivity index (χ1) is 16.9. The van der Waals surface area contributed by atoms with Crippen LogP contribution in [0.25, 0.3) is 16.6 Å². The molecule has 0 radical (unpaired) electrons. The average molecular weight is 520 g/mol. The Morgan fingerprint density at radius 3 is 2.00 bits per heavy atom. The molecule has 0 aliphatic rings. The molecule has 3 rings (SSSR count). The van der Waals surface area contributed by atoms with E-state index < -0.39 is 15.4 Å². The van der Waals surface area contributed by atoms with Crippen molar-refractivity contribution in [3.8, 4) is 0 Å². The van der Waals surface area contributed by atoms with Crippen molar-refractivity contribution < 1.29 is 13.0 Å². The molecule has 0 saturated heterocycles. The fraction of sp³-hybridized carbons (Fsp3) is 0.654. The summed E-state index contributed by atoms with van der Waals surface area (Å²) in [4.78, 5) is 8.86. The predicted octanol–water partition coefficient (Wildman–Crippen LogP) is 7.40. The summed E-state index contributed by atoms with van der Waals surface area (Å²) in [6, 6.07) is 7.33. The third-order valence-corrected chi connectivity index (χ3v) is 8.02. The second-order valence-electron chi connectivity index (χ2n) is 9.54. The second-order valence-corrected chi connectivity index (χ2v) is 11.5. The van der Waals surface area contributed by atoms with E-state index in [0.717, 1.165) is 24.6 Å². The lowest BCUT2D eigenvalue weighted by molar-refractivity contribution is 0.436. The van der Waals surface area contributed by atoms with Gasteiger partial charge in [0.1, 0.15) is 21.2 Å². The van der Waals surface area contributed by atoms with Crippen LogP contribution in [-0.4, -0.2) is 32.6 Å². The van der Waals surface area contributed by atoms with Crippen LogP contribution in [0.1, 0.15) is 114 Å². The van der Waals surface area contributed by atoms with E-state index in [1.54, 1.807) is 6.07 Å². The highest BCUT2D eigenvalue weighted by molar-refractivity contribution is 7.86. The summed E-state index contributed by atoms with van der Waals surface area (Å²) in [5.74, 6) is 0.159. The summed E-state index contributed by atoms with van der Waals surface area (Å²) in [5.41, 5.74) is 1.09. The number of nitrogens with zero attached hydrogens (tertiary/aromatic N) is 3. The van der Waals surface area contributed by atoms with E-state index in [0.29, 0.717) is 17.6 Å². The minimum absolute atomic E-state index is 0.159. The molecule has 2 aromatic heterocycles. The highest BCUT2D eigenvalue weighted by atomic mass is 32.2. The van der Waals surface area contributed by atoms with E-state index in [9.17, 15) is 13.0 Å². The molecule has 1 aromatic carbocycles. The van der Waals surface area contributed by atoms with Gasteiger partial charge in [-0.15, -0.1) is 0 Å². The lowest BCUT2D eigenvalue weighted by Crippen LogP contribution is -2.18. The van der Waals surface area contributed by atoms with Crippen molar-refractivity contribution in [3.63, 3.8) is 0 Å². The Morgan fingerprint density at radius 2 is 1.43 bits per heavy atom. The van der Waals surface area contributed by atoms with Crippen molar-refractivity contribution in [2.24, 2.45) is 0 Å². The number of unbranched alkanes of at least 4 members (excludes halogenated alkanes) is 13. The standard InChI is InChI=1S/C26H40N4O3S2/c1-2-3-4-5-6-7-8-9-10-11-12-13-14-15-20-23(35(31,32)33)25-27-22-19-17-16-18-21(22)24-28-26(34)29-30(24)25/h16-19,23H,2-15,20H2,1H3,(H,29,34)(H,31,32,33)/p-1. The van der Waals surface area contributed by atoms with Crippen LogP contribution in [0.3, 0.4) is 0 Å². The smallest absolute Gasteiger partial charge is 0.214 e. The lowest BCUT2D eigenvalue weighted by atomic mass is 10.0. The van der Waals surface area contributed by atoms with Crippen LogP contribution in [0.5, 0.6) is 0 Å². The molecule has 0 spiro atoms. The molecule has 7 nitrogen and oxygen atoms in total. The zero-order valence-electron chi connectivity index (χ0n) is 20.9. The van der Waals surface area contributed by atoms with Crippen molar-refractivity contribution in [2.75, 3.05) is 0 Å². The Bertz CT molecular complexity index is 1220. The zero-order chi connectivity index (χ0) is 25.1. The normalized spacial score (nSPS) is 13.1. The highest BCUT2D eigenvalue weighted by Crippen LogP contribution is 2.29. The maximum atomic E-state index is 12.2. The SMILES string of the molecule is CCCCCCCCCCCCCCCCC(c1nc2ccccc2c2nc(=S)[nH]n12)S(=O)(=O)[O-]. The second kappa shape index (κ2) is 14.0. The zero-order valence-corrected chi connectivity index (χ0v) is 22.5. The average Bonchev–Trinajstić information content (AvgIpc) is 3.22. The number of aromatic amines is 1. The van der Waals surface area contributed by atoms with Gasteiger partial charge < -0.3 is 4.55 Å². The van der Waals surface area contributed by atoms with Crippen LogP contribution in [0, 0.1) is 4.77 Å². The molecule has 3 aromatic rings. The van der Waals surface area contributed by atoms with E-state index in [4.69, 9.17) is 12.2 Å². The monoisotopic (exact) mass is 519 g/mol. The van der Waals surface area contributed by atoms with Gasteiger partial charge in [0, 0.05) is 5.39 Å². The van der Waals surface area contributed by atoms with Crippen molar-refractivity contribution in [2.45, 2.75) is 108 Å². The summed E-state index contributed by atoms with van der Waals surface area (Å²) < 4.78 is 38.3. The summed E-state index contributed by atoms with van der Waals surface area (Å²) in [7, 11) is -4.60. The first kappa shape index (κ1) is 27.7. The van der Waals surface area contributed by atoms with Gasteiger partial charge in [-0.05, 0) is 30.8 Å². The number of hydrogen-bond acceptors (Lipinski definition) is 6. The lowest BCUT2D eigenvalue weighted by Gasteiger charge is -2.21. The summed E-state index contributed by atoms with van der Waals surface area (Å²) in [6.07, 6.45) is 17.3. The van der Waals surface area contributed by atoms with Crippen LogP contribution in [-0.2, 0) is 10.1 Å². The molecule has 0 bridgehead atoms. The Hall–Kier alpha value is -1.84. The molecule has 1 N–H and O–H groups in total. The van der Waals surface area contributed by atoms with Gasteiger partial charge in [-0.1, -0.05) is 109 Å². The topological polar surface area (TPSA) is 103 Å². The van der Waals surface area contributed by atoms with Gasteiger partial charge in [0.2, 0.25) is 4.77 Å². The van der Waals surface area contributed by atoms with Crippen LogP contribution in [0.15, 0.2) is 24.3 Å². The Kier molecular flexibility index (Phi) is 11.1. The molecule has 0 aliphatic heterocycles. The van der Waals surface area contributed by atoms with Crippen LogP contribution >= 0.6 is 12.2 Å². The predicted molar refractivity (Wildman–Crippen MR) is 143 cm³/mol.